The van der Waals surface area contributed by atoms with Crippen molar-refractivity contribution >= 4 is 5.91 Å². The van der Waals surface area contributed by atoms with Crippen LogP contribution in [0.3, 0.4) is 0 Å². The van der Waals surface area contributed by atoms with Crippen molar-refractivity contribution in [3.05, 3.63) is 23.8 Å². The zero-order valence-corrected chi connectivity index (χ0v) is 11.4. The van der Waals surface area contributed by atoms with Crippen molar-refractivity contribution in [3.8, 4) is 11.5 Å². The molecule has 1 amide bonds. The van der Waals surface area contributed by atoms with Crippen LogP contribution in [0.25, 0.3) is 0 Å². The molecule has 0 spiro atoms. The number of phenolic OH excluding ortho intramolecular Hbond substituents is 2. The number of nitrogens with one attached hydrogen (secondary N) is 1. The van der Waals surface area contributed by atoms with Crippen LogP contribution < -0.4 is 11.1 Å². The second-order valence-electron chi connectivity index (χ2n) is 5.08. The molecule has 0 atom stereocenters. The average Bonchev–Trinajstić information content (AvgIpc) is 2.44. The van der Waals surface area contributed by atoms with Crippen LogP contribution in [-0.4, -0.2) is 53.2 Å². The smallest absolute Gasteiger partial charge is 0.251 e. The Kier molecular flexibility index (Phi) is 4.81. The SMILES string of the molecule is NCCN1CCC(NC(=O)c2ccc(O)c(O)c2)CC1. The molecule has 6 nitrogen and oxygen atoms in total. The maximum absolute atomic E-state index is 12.0. The molecule has 0 unspecified atom stereocenters. The van der Waals surface area contributed by atoms with E-state index in [9.17, 15) is 15.0 Å². The molecule has 6 heteroatoms. The standard InChI is InChI=1S/C14H21N3O3/c15-5-8-17-6-3-11(4-7-17)16-14(20)10-1-2-12(18)13(19)9-10/h1-2,9,11,18-19H,3-8,15H2,(H,16,20). The number of carbonyl (C=O) groups excluding carboxylic acids is 1. The van der Waals surface area contributed by atoms with Crippen molar-refractivity contribution in [2.45, 2.75) is 18.9 Å². The van der Waals surface area contributed by atoms with Gasteiger partial charge in [0.25, 0.3) is 5.91 Å². The van der Waals surface area contributed by atoms with E-state index in [1.54, 1.807) is 0 Å². The highest BCUT2D eigenvalue weighted by atomic mass is 16.3. The van der Waals surface area contributed by atoms with Crippen molar-refractivity contribution < 1.29 is 15.0 Å². The number of phenols is 2. The van der Waals surface area contributed by atoms with Gasteiger partial charge in [0.1, 0.15) is 0 Å². The van der Waals surface area contributed by atoms with Gasteiger partial charge in [0.2, 0.25) is 0 Å². The lowest BCUT2D eigenvalue weighted by atomic mass is 10.0. The van der Waals surface area contributed by atoms with Gasteiger partial charge in [0, 0.05) is 37.8 Å². The molecular weight excluding hydrogens is 258 g/mol. The molecule has 0 aliphatic carbocycles. The van der Waals surface area contributed by atoms with Crippen LogP contribution in [0, 0.1) is 0 Å². The van der Waals surface area contributed by atoms with Crippen molar-refractivity contribution in [2.24, 2.45) is 5.73 Å². The van der Waals surface area contributed by atoms with Gasteiger partial charge in [-0.15, -0.1) is 0 Å². The van der Waals surface area contributed by atoms with E-state index in [0.29, 0.717) is 12.1 Å². The molecule has 1 aliphatic rings. The first-order valence-electron chi connectivity index (χ1n) is 6.85. The van der Waals surface area contributed by atoms with Gasteiger partial charge < -0.3 is 26.2 Å². The Hall–Kier alpha value is -1.79. The first kappa shape index (κ1) is 14.6. The van der Waals surface area contributed by atoms with E-state index in [-0.39, 0.29) is 23.4 Å². The fourth-order valence-electron chi connectivity index (χ4n) is 2.42. The van der Waals surface area contributed by atoms with Crippen LogP contribution in [0.15, 0.2) is 18.2 Å². The fraction of sp³-hybridized carbons (Fsp3) is 0.500. The van der Waals surface area contributed by atoms with Gasteiger partial charge in [-0.1, -0.05) is 0 Å². The molecule has 1 aromatic rings. The zero-order valence-electron chi connectivity index (χ0n) is 11.4. The zero-order chi connectivity index (χ0) is 14.5. The number of nitrogens with zero attached hydrogens (tertiary/aromatic N) is 1. The third-order valence-electron chi connectivity index (χ3n) is 3.61. The minimum atomic E-state index is -0.282. The van der Waals surface area contributed by atoms with E-state index in [2.05, 4.69) is 10.2 Å². The van der Waals surface area contributed by atoms with Crippen LogP contribution in [-0.2, 0) is 0 Å². The highest BCUT2D eigenvalue weighted by Crippen LogP contribution is 2.25. The third kappa shape index (κ3) is 3.61. The Bertz CT molecular complexity index is 471. The Morgan fingerprint density at radius 3 is 2.60 bits per heavy atom. The molecule has 1 saturated heterocycles. The van der Waals surface area contributed by atoms with Gasteiger partial charge in [-0.25, -0.2) is 0 Å². The number of aromatic hydroxyl groups is 2. The molecule has 20 heavy (non-hydrogen) atoms. The van der Waals surface area contributed by atoms with Crippen LogP contribution in [0.1, 0.15) is 23.2 Å². The molecule has 0 saturated carbocycles. The number of amides is 1. The average molecular weight is 279 g/mol. The number of rotatable bonds is 4. The summed E-state index contributed by atoms with van der Waals surface area (Å²) in [5, 5.41) is 21.6. The Balaban J connectivity index is 1.87. The molecule has 1 heterocycles. The summed E-state index contributed by atoms with van der Waals surface area (Å²) in [5.41, 5.74) is 5.87. The summed E-state index contributed by atoms with van der Waals surface area (Å²) in [6, 6.07) is 4.23. The second-order valence-corrected chi connectivity index (χ2v) is 5.08. The van der Waals surface area contributed by atoms with E-state index < -0.39 is 0 Å². The third-order valence-corrected chi connectivity index (χ3v) is 3.61. The van der Waals surface area contributed by atoms with Crippen LogP contribution >= 0.6 is 0 Å². The lowest BCUT2D eigenvalue weighted by molar-refractivity contribution is 0.0911. The maximum atomic E-state index is 12.0. The molecule has 1 fully saturated rings. The van der Waals surface area contributed by atoms with Crippen LogP contribution in [0.2, 0.25) is 0 Å². The number of carbonyl (C=O) groups is 1. The Morgan fingerprint density at radius 2 is 2.00 bits per heavy atom. The van der Waals surface area contributed by atoms with E-state index >= 15 is 0 Å². The largest absolute Gasteiger partial charge is 0.504 e. The summed E-state index contributed by atoms with van der Waals surface area (Å²) in [6.45, 7) is 3.42. The topological polar surface area (TPSA) is 98.8 Å². The normalized spacial score (nSPS) is 17.1. The first-order valence-corrected chi connectivity index (χ1v) is 6.85. The van der Waals surface area contributed by atoms with Gasteiger partial charge in [0.15, 0.2) is 11.5 Å². The lowest BCUT2D eigenvalue weighted by Gasteiger charge is -2.32. The van der Waals surface area contributed by atoms with E-state index in [1.807, 2.05) is 0 Å². The number of likely N-dealkylation sites (tertiary alicyclic amines) is 1. The molecule has 5 N–H and O–H groups in total. The van der Waals surface area contributed by atoms with Gasteiger partial charge in [-0.2, -0.15) is 0 Å². The Labute approximate surface area is 118 Å². The quantitative estimate of drug-likeness (QED) is 0.592. The number of piperidine rings is 1. The fourth-order valence-corrected chi connectivity index (χ4v) is 2.42. The lowest BCUT2D eigenvalue weighted by Crippen LogP contribution is -2.45. The minimum absolute atomic E-state index is 0.146. The first-order chi connectivity index (χ1) is 9.60. The molecule has 0 aromatic heterocycles. The number of benzene rings is 1. The highest BCUT2D eigenvalue weighted by molar-refractivity contribution is 5.95. The van der Waals surface area contributed by atoms with Crippen molar-refractivity contribution in [1.29, 1.82) is 0 Å². The predicted molar refractivity (Wildman–Crippen MR) is 75.8 cm³/mol. The molecular formula is C14H21N3O3. The molecule has 0 radical (unpaired) electrons. The Morgan fingerprint density at radius 1 is 1.30 bits per heavy atom. The minimum Gasteiger partial charge on any atom is -0.504 e. The molecule has 1 aromatic carbocycles. The summed E-state index contributed by atoms with van der Waals surface area (Å²) >= 11 is 0. The number of hydrogen-bond donors (Lipinski definition) is 4. The van der Waals surface area contributed by atoms with Gasteiger partial charge in [0.05, 0.1) is 0 Å². The van der Waals surface area contributed by atoms with Gasteiger partial charge in [-0.05, 0) is 31.0 Å². The second kappa shape index (κ2) is 6.58. The van der Waals surface area contributed by atoms with Gasteiger partial charge >= 0.3 is 0 Å². The summed E-state index contributed by atoms with van der Waals surface area (Å²) in [5.74, 6) is -0.732. The van der Waals surface area contributed by atoms with Gasteiger partial charge in [-0.3, -0.25) is 4.79 Å². The highest BCUT2D eigenvalue weighted by Gasteiger charge is 2.20. The van der Waals surface area contributed by atoms with Crippen LogP contribution in [0.5, 0.6) is 11.5 Å². The summed E-state index contributed by atoms with van der Waals surface area (Å²) in [4.78, 5) is 14.3. The van der Waals surface area contributed by atoms with Crippen molar-refractivity contribution in [2.75, 3.05) is 26.2 Å². The summed E-state index contributed by atoms with van der Waals surface area (Å²) in [6.07, 6.45) is 1.80. The van der Waals surface area contributed by atoms with Crippen molar-refractivity contribution in [1.82, 2.24) is 10.2 Å². The van der Waals surface area contributed by atoms with E-state index in [0.717, 1.165) is 32.5 Å². The van der Waals surface area contributed by atoms with Crippen LogP contribution in [0.4, 0.5) is 0 Å². The van der Waals surface area contributed by atoms with E-state index in [4.69, 9.17) is 5.73 Å². The molecule has 0 bridgehead atoms. The summed E-state index contributed by atoms with van der Waals surface area (Å²) in [7, 11) is 0. The number of nitrogens with two attached hydrogens (primary N) is 1. The monoisotopic (exact) mass is 279 g/mol. The number of hydrogen-bond acceptors (Lipinski definition) is 5. The van der Waals surface area contributed by atoms with E-state index in [1.165, 1.54) is 18.2 Å². The molecule has 1 aliphatic heterocycles. The van der Waals surface area contributed by atoms with Crippen molar-refractivity contribution in [3.63, 3.8) is 0 Å². The molecule has 2 rings (SSSR count). The molecule has 110 valence electrons. The predicted octanol–water partition coefficient (Wildman–Crippen LogP) is 0.251. The maximum Gasteiger partial charge on any atom is 0.251 e. The summed E-state index contributed by atoms with van der Waals surface area (Å²) < 4.78 is 0.